The Morgan fingerprint density at radius 3 is 2.33 bits per heavy atom. The van der Waals surface area contributed by atoms with Crippen molar-refractivity contribution in [1.82, 2.24) is 20.3 Å². The molecule has 6 heteroatoms. The molecule has 2 heterocycles. The van der Waals surface area contributed by atoms with Crippen molar-refractivity contribution >= 4 is 15.9 Å². The SMILES string of the molecule is CNC(c1c(C)oc(C)c1C)c1c(Br)nnn1C. The molecule has 0 bridgehead atoms. The third kappa shape index (κ3) is 1.99. The quantitative estimate of drug-likeness (QED) is 0.945. The van der Waals surface area contributed by atoms with Crippen LogP contribution < -0.4 is 5.32 Å². The van der Waals surface area contributed by atoms with Gasteiger partial charge in [0.15, 0.2) is 4.60 Å². The van der Waals surface area contributed by atoms with E-state index in [1.54, 1.807) is 4.68 Å². The molecule has 0 spiro atoms. The van der Waals surface area contributed by atoms with Gasteiger partial charge in [0.05, 0.1) is 11.7 Å². The molecular formula is C12H17BrN4O. The maximum atomic E-state index is 5.70. The summed E-state index contributed by atoms with van der Waals surface area (Å²) in [6.07, 6.45) is 0. The highest BCUT2D eigenvalue weighted by Crippen LogP contribution is 2.33. The van der Waals surface area contributed by atoms with Gasteiger partial charge in [-0.25, -0.2) is 4.68 Å². The normalized spacial score (nSPS) is 13.0. The van der Waals surface area contributed by atoms with Crippen LogP contribution in [0.5, 0.6) is 0 Å². The van der Waals surface area contributed by atoms with Crippen molar-refractivity contribution in [1.29, 1.82) is 0 Å². The van der Waals surface area contributed by atoms with Gasteiger partial charge in [-0.15, -0.1) is 5.10 Å². The molecular weight excluding hydrogens is 296 g/mol. The standard InChI is InChI=1S/C12H17BrN4O/c1-6-7(2)18-8(3)9(6)10(14-4)11-12(13)15-16-17(11)5/h10,14H,1-5H3. The molecule has 0 amide bonds. The fourth-order valence-electron chi connectivity index (χ4n) is 2.30. The number of nitrogens with one attached hydrogen (secondary N) is 1. The monoisotopic (exact) mass is 312 g/mol. The lowest BCUT2D eigenvalue weighted by atomic mass is 10.00. The number of rotatable bonds is 3. The molecule has 1 unspecified atom stereocenters. The predicted octanol–water partition coefficient (Wildman–Crippen LogP) is 2.40. The minimum Gasteiger partial charge on any atom is -0.466 e. The largest absolute Gasteiger partial charge is 0.466 e. The van der Waals surface area contributed by atoms with Crippen LogP contribution in [0.15, 0.2) is 9.02 Å². The number of aryl methyl sites for hydroxylation is 3. The molecule has 0 aliphatic rings. The first-order valence-corrected chi connectivity index (χ1v) is 6.55. The van der Waals surface area contributed by atoms with E-state index in [0.717, 1.165) is 27.4 Å². The molecule has 2 aromatic rings. The molecule has 98 valence electrons. The average molecular weight is 313 g/mol. The van der Waals surface area contributed by atoms with Gasteiger partial charge >= 0.3 is 0 Å². The van der Waals surface area contributed by atoms with E-state index >= 15 is 0 Å². The molecule has 0 saturated heterocycles. The number of furan rings is 1. The molecule has 0 aliphatic heterocycles. The minimum atomic E-state index is 0.0109. The predicted molar refractivity (Wildman–Crippen MR) is 72.5 cm³/mol. The molecule has 0 aromatic carbocycles. The Hall–Kier alpha value is -1.14. The summed E-state index contributed by atoms with van der Waals surface area (Å²) in [7, 11) is 3.81. The highest BCUT2D eigenvalue weighted by atomic mass is 79.9. The van der Waals surface area contributed by atoms with Crippen molar-refractivity contribution in [3.63, 3.8) is 0 Å². The third-order valence-electron chi connectivity index (χ3n) is 3.30. The van der Waals surface area contributed by atoms with E-state index in [9.17, 15) is 0 Å². The topological polar surface area (TPSA) is 55.9 Å². The van der Waals surface area contributed by atoms with Gasteiger partial charge in [-0.05, 0) is 49.3 Å². The summed E-state index contributed by atoms with van der Waals surface area (Å²) in [5.41, 5.74) is 3.31. The number of hydrogen-bond donors (Lipinski definition) is 1. The van der Waals surface area contributed by atoms with Crippen LogP contribution in [-0.4, -0.2) is 22.0 Å². The van der Waals surface area contributed by atoms with Gasteiger partial charge in [0.1, 0.15) is 11.5 Å². The number of hydrogen-bond acceptors (Lipinski definition) is 4. The first-order valence-electron chi connectivity index (χ1n) is 5.76. The van der Waals surface area contributed by atoms with E-state index in [4.69, 9.17) is 4.42 Å². The van der Waals surface area contributed by atoms with E-state index in [2.05, 4.69) is 38.5 Å². The van der Waals surface area contributed by atoms with E-state index in [-0.39, 0.29) is 6.04 Å². The van der Waals surface area contributed by atoms with E-state index in [1.165, 1.54) is 5.56 Å². The molecule has 1 atom stereocenters. The Balaban J connectivity index is 2.59. The zero-order valence-corrected chi connectivity index (χ0v) is 12.8. The Kier molecular flexibility index (Phi) is 3.59. The van der Waals surface area contributed by atoms with Gasteiger partial charge in [0.25, 0.3) is 0 Å². The molecule has 0 saturated carbocycles. The fourth-order valence-corrected chi connectivity index (χ4v) is 2.85. The molecule has 0 aliphatic carbocycles. The van der Waals surface area contributed by atoms with E-state index in [0.29, 0.717) is 0 Å². The lowest BCUT2D eigenvalue weighted by Gasteiger charge is -2.17. The fraction of sp³-hybridized carbons (Fsp3) is 0.500. The Morgan fingerprint density at radius 1 is 1.28 bits per heavy atom. The molecule has 2 rings (SSSR count). The lowest BCUT2D eigenvalue weighted by molar-refractivity contribution is 0.493. The van der Waals surface area contributed by atoms with Gasteiger partial charge in [-0.2, -0.15) is 0 Å². The Bertz CT molecular complexity index is 553. The van der Waals surface area contributed by atoms with Crippen molar-refractivity contribution < 1.29 is 4.42 Å². The van der Waals surface area contributed by atoms with Crippen LogP contribution in [0.3, 0.4) is 0 Å². The number of aromatic nitrogens is 3. The van der Waals surface area contributed by atoms with Crippen molar-refractivity contribution in [3.05, 3.63) is 32.9 Å². The minimum absolute atomic E-state index is 0.0109. The zero-order chi connectivity index (χ0) is 13.4. The van der Waals surface area contributed by atoms with Gasteiger partial charge in [0.2, 0.25) is 0 Å². The summed E-state index contributed by atoms with van der Waals surface area (Å²) in [5, 5.41) is 11.4. The average Bonchev–Trinajstić information content (AvgIpc) is 2.76. The smallest absolute Gasteiger partial charge is 0.153 e. The summed E-state index contributed by atoms with van der Waals surface area (Å²) in [6.45, 7) is 6.04. The maximum Gasteiger partial charge on any atom is 0.153 e. The number of nitrogens with zero attached hydrogens (tertiary/aromatic N) is 3. The summed E-state index contributed by atoms with van der Waals surface area (Å²) >= 11 is 3.45. The van der Waals surface area contributed by atoms with E-state index in [1.807, 2.05) is 27.9 Å². The molecule has 5 nitrogen and oxygen atoms in total. The van der Waals surface area contributed by atoms with Crippen LogP contribution in [-0.2, 0) is 7.05 Å². The first-order chi connectivity index (χ1) is 8.47. The molecule has 1 N–H and O–H groups in total. The van der Waals surface area contributed by atoms with Crippen molar-refractivity contribution in [2.75, 3.05) is 7.05 Å². The van der Waals surface area contributed by atoms with Crippen LogP contribution in [0.2, 0.25) is 0 Å². The summed E-state index contributed by atoms with van der Waals surface area (Å²) < 4.78 is 8.22. The summed E-state index contributed by atoms with van der Waals surface area (Å²) in [5.74, 6) is 1.88. The second-order valence-electron chi connectivity index (χ2n) is 4.36. The third-order valence-corrected chi connectivity index (χ3v) is 3.86. The Labute approximate surface area is 115 Å². The van der Waals surface area contributed by atoms with Crippen LogP contribution in [0, 0.1) is 20.8 Å². The molecule has 18 heavy (non-hydrogen) atoms. The lowest BCUT2D eigenvalue weighted by Crippen LogP contribution is -2.22. The zero-order valence-electron chi connectivity index (χ0n) is 11.2. The van der Waals surface area contributed by atoms with Crippen molar-refractivity contribution in [2.24, 2.45) is 7.05 Å². The van der Waals surface area contributed by atoms with Crippen LogP contribution in [0.4, 0.5) is 0 Å². The molecule has 2 aromatic heterocycles. The van der Waals surface area contributed by atoms with Crippen LogP contribution >= 0.6 is 15.9 Å². The summed E-state index contributed by atoms with van der Waals surface area (Å²) in [6, 6.07) is 0.0109. The Morgan fingerprint density at radius 2 is 1.94 bits per heavy atom. The van der Waals surface area contributed by atoms with Crippen molar-refractivity contribution in [3.8, 4) is 0 Å². The van der Waals surface area contributed by atoms with Gasteiger partial charge in [-0.1, -0.05) is 5.21 Å². The van der Waals surface area contributed by atoms with Gasteiger partial charge in [0, 0.05) is 12.6 Å². The van der Waals surface area contributed by atoms with Gasteiger partial charge in [-0.3, -0.25) is 0 Å². The van der Waals surface area contributed by atoms with Crippen LogP contribution in [0.1, 0.15) is 34.4 Å². The second kappa shape index (κ2) is 4.85. The first kappa shape index (κ1) is 13.3. The molecule has 0 radical (unpaired) electrons. The van der Waals surface area contributed by atoms with Crippen LogP contribution in [0.25, 0.3) is 0 Å². The highest BCUT2D eigenvalue weighted by molar-refractivity contribution is 9.10. The van der Waals surface area contributed by atoms with E-state index < -0.39 is 0 Å². The summed E-state index contributed by atoms with van der Waals surface area (Å²) in [4.78, 5) is 0. The molecule has 0 fully saturated rings. The van der Waals surface area contributed by atoms with Gasteiger partial charge < -0.3 is 9.73 Å². The highest BCUT2D eigenvalue weighted by Gasteiger charge is 2.26. The second-order valence-corrected chi connectivity index (χ2v) is 5.12. The maximum absolute atomic E-state index is 5.70. The van der Waals surface area contributed by atoms with Crippen molar-refractivity contribution in [2.45, 2.75) is 26.8 Å². The number of halogens is 1.